The topological polar surface area (TPSA) is 55.2 Å². The molecule has 0 bridgehead atoms. The largest absolute Gasteiger partial charge is 0.339 e. The molecule has 0 aliphatic carbocycles. The Hall–Kier alpha value is -2.15. The molecule has 0 spiro atoms. The molecular formula is C16H16FN3O2S. The molecule has 2 aromatic rings. The standard InChI is InChI=1S/C16H16FN3O2S/c17-13-4-2-1-3-12(13)14-5-6-15(21)20(18-14)11-16(22)19-7-9-23-10-8-19/h1-6H,7-11H2. The lowest BCUT2D eigenvalue weighted by atomic mass is 10.1. The second kappa shape index (κ2) is 6.95. The van der Waals surface area contributed by atoms with Gasteiger partial charge in [-0.15, -0.1) is 0 Å². The first kappa shape index (κ1) is 15.7. The zero-order valence-corrected chi connectivity index (χ0v) is 13.3. The molecule has 2 heterocycles. The Labute approximate surface area is 137 Å². The highest BCUT2D eigenvalue weighted by Crippen LogP contribution is 2.19. The average molecular weight is 333 g/mol. The van der Waals surface area contributed by atoms with Crippen molar-refractivity contribution in [2.75, 3.05) is 24.6 Å². The van der Waals surface area contributed by atoms with Gasteiger partial charge in [-0.3, -0.25) is 9.59 Å². The number of carbonyl (C=O) groups is 1. The number of benzene rings is 1. The Balaban J connectivity index is 1.85. The Morgan fingerprint density at radius 2 is 1.91 bits per heavy atom. The smallest absolute Gasteiger partial charge is 0.267 e. The lowest BCUT2D eigenvalue weighted by Crippen LogP contribution is -2.41. The van der Waals surface area contributed by atoms with E-state index < -0.39 is 5.82 Å². The van der Waals surface area contributed by atoms with E-state index in [0.29, 0.717) is 24.3 Å². The van der Waals surface area contributed by atoms with Crippen LogP contribution in [0.25, 0.3) is 11.3 Å². The third-order valence-electron chi connectivity index (χ3n) is 3.67. The van der Waals surface area contributed by atoms with Crippen LogP contribution in [-0.2, 0) is 11.3 Å². The third kappa shape index (κ3) is 3.61. The van der Waals surface area contributed by atoms with Crippen LogP contribution < -0.4 is 5.56 Å². The van der Waals surface area contributed by atoms with Crippen molar-refractivity contribution in [2.24, 2.45) is 0 Å². The van der Waals surface area contributed by atoms with Crippen molar-refractivity contribution < 1.29 is 9.18 Å². The summed E-state index contributed by atoms with van der Waals surface area (Å²) in [5, 5.41) is 4.15. The number of amides is 1. The van der Waals surface area contributed by atoms with E-state index in [1.165, 1.54) is 18.2 Å². The molecule has 0 atom stereocenters. The maximum absolute atomic E-state index is 13.9. The van der Waals surface area contributed by atoms with Crippen LogP contribution in [0.5, 0.6) is 0 Å². The second-order valence-corrected chi connectivity index (χ2v) is 6.41. The molecule has 1 fully saturated rings. The van der Waals surface area contributed by atoms with E-state index in [9.17, 15) is 14.0 Å². The van der Waals surface area contributed by atoms with Gasteiger partial charge in [-0.1, -0.05) is 12.1 Å². The predicted octanol–water partition coefficient (Wildman–Crippen LogP) is 1.62. The van der Waals surface area contributed by atoms with Gasteiger partial charge in [0.2, 0.25) is 5.91 Å². The molecule has 1 aromatic heterocycles. The van der Waals surface area contributed by atoms with Gasteiger partial charge < -0.3 is 4.90 Å². The van der Waals surface area contributed by atoms with Gasteiger partial charge in [0.25, 0.3) is 5.56 Å². The molecule has 5 nitrogen and oxygen atoms in total. The van der Waals surface area contributed by atoms with Gasteiger partial charge >= 0.3 is 0 Å². The molecule has 0 unspecified atom stereocenters. The van der Waals surface area contributed by atoms with Crippen LogP contribution in [0, 0.1) is 5.82 Å². The summed E-state index contributed by atoms with van der Waals surface area (Å²) in [6.45, 7) is 1.25. The van der Waals surface area contributed by atoms with E-state index in [2.05, 4.69) is 5.10 Å². The van der Waals surface area contributed by atoms with E-state index in [4.69, 9.17) is 0 Å². The van der Waals surface area contributed by atoms with Gasteiger partial charge in [0.05, 0.1) is 5.69 Å². The van der Waals surface area contributed by atoms with E-state index in [1.807, 2.05) is 11.8 Å². The van der Waals surface area contributed by atoms with Crippen molar-refractivity contribution >= 4 is 17.7 Å². The summed E-state index contributed by atoms with van der Waals surface area (Å²) in [6.07, 6.45) is 0. The van der Waals surface area contributed by atoms with Crippen molar-refractivity contribution in [1.29, 1.82) is 0 Å². The number of nitrogens with zero attached hydrogens (tertiary/aromatic N) is 3. The fourth-order valence-corrected chi connectivity index (χ4v) is 3.32. The number of rotatable bonds is 3. The minimum absolute atomic E-state index is 0.119. The quantitative estimate of drug-likeness (QED) is 0.857. The summed E-state index contributed by atoms with van der Waals surface area (Å²) < 4.78 is 15.0. The summed E-state index contributed by atoms with van der Waals surface area (Å²) in [4.78, 5) is 26.0. The van der Waals surface area contributed by atoms with Gasteiger partial charge in [0.1, 0.15) is 12.4 Å². The number of aromatic nitrogens is 2. The lowest BCUT2D eigenvalue weighted by molar-refractivity contribution is -0.131. The van der Waals surface area contributed by atoms with Crippen molar-refractivity contribution in [1.82, 2.24) is 14.7 Å². The van der Waals surface area contributed by atoms with Crippen LogP contribution in [0.4, 0.5) is 4.39 Å². The lowest BCUT2D eigenvalue weighted by Gasteiger charge is -2.26. The van der Waals surface area contributed by atoms with Crippen molar-refractivity contribution in [3.05, 3.63) is 52.6 Å². The molecule has 120 valence electrons. The number of hydrogen-bond acceptors (Lipinski definition) is 4. The summed E-state index contributed by atoms with van der Waals surface area (Å²) in [6, 6.07) is 9.01. The molecule has 1 aliphatic rings. The molecule has 23 heavy (non-hydrogen) atoms. The number of hydrogen-bond donors (Lipinski definition) is 0. The summed E-state index contributed by atoms with van der Waals surface area (Å²) in [5.74, 6) is 1.27. The Morgan fingerprint density at radius 3 is 2.65 bits per heavy atom. The van der Waals surface area contributed by atoms with Crippen molar-refractivity contribution in [3.8, 4) is 11.3 Å². The number of carbonyl (C=O) groups excluding carboxylic acids is 1. The highest BCUT2D eigenvalue weighted by atomic mass is 32.2. The summed E-state index contributed by atoms with van der Waals surface area (Å²) >= 11 is 1.81. The first-order valence-electron chi connectivity index (χ1n) is 7.34. The monoisotopic (exact) mass is 333 g/mol. The second-order valence-electron chi connectivity index (χ2n) is 5.19. The number of halogens is 1. The summed E-state index contributed by atoms with van der Waals surface area (Å²) in [5.41, 5.74) is 0.276. The third-order valence-corrected chi connectivity index (χ3v) is 4.61. The SMILES string of the molecule is O=C(Cn1nc(-c2ccccc2F)ccc1=O)N1CCSCC1. The minimum atomic E-state index is -0.412. The van der Waals surface area contributed by atoms with Crippen LogP contribution in [0.15, 0.2) is 41.2 Å². The van der Waals surface area contributed by atoms with Gasteiger partial charge in [0, 0.05) is 36.2 Å². The molecule has 3 rings (SSSR count). The molecule has 0 radical (unpaired) electrons. The Kier molecular flexibility index (Phi) is 4.76. The molecule has 0 N–H and O–H groups in total. The molecule has 1 aliphatic heterocycles. The van der Waals surface area contributed by atoms with Crippen LogP contribution >= 0.6 is 11.8 Å². The molecule has 1 amide bonds. The zero-order valence-electron chi connectivity index (χ0n) is 12.4. The van der Waals surface area contributed by atoms with E-state index in [1.54, 1.807) is 23.1 Å². The average Bonchev–Trinajstić information content (AvgIpc) is 2.58. The van der Waals surface area contributed by atoms with E-state index in [-0.39, 0.29) is 18.0 Å². The van der Waals surface area contributed by atoms with Crippen LogP contribution in [0.3, 0.4) is 0 Å². The van der Waals surface area contributed by atoms with Gasteiger partial charge in [-0.2, -0.15) is 16.9 Å². The fraction of sp³-hybridized carbons (Fsp3) is 0.312. The normalized spacial score (nSPS) is 14.7. The molecule has 7 heteroatoms. The maximum Gasteiger partial charge on any atom is 0.267 e. The Bertz CT molecular complexity index is 772. The van der Waals surface area contributed by atoms with Crippen LogP contribution in [-0.4, -0.2) is 45.2 Å². The predicted molar refractivity (Wildman–Crippen MR) is 87.8 cm³/mol. The van der Waals surface area contributed by atoms with Crippen molar-refractivity contribution in [2.45, 2.75) is 6.54 Å². The van der Waals surface area contributed by atoms with Crippen LogP contribution in [0.1, 0.15) is 0 Å². The zero-order chi connectivity index (χ0) is 16.2. The van der Waals surface area contributed by atoms with Gasteiger partial charge in [-0.05, 0) is 18.2 Å². The van der Waals surface area contributed by atoms with Crippen molar-refractivity contribution in [3.63, 3.8) is 0 Å². The highest BCUT2D eigenvalue weighted by Gasteiger charge is 2.18. The first-order valence-corrected chi connectivity index (χ1v) is 8.49. The van der Waals surface area contributed by atoms with Gasteiger partial charge in [-0.25, -0.2) is 9.07 Å². The fourth-order valence-electron chi connectivity index (χ4n) is 2.42. The van der Waals surface area contributed by atoms with Gasteiger partial charge in [0.15, 0.2) is 0 Å². The molecule has 0 saturated carbocycles. The maximum atomic E-state index is 13.9. The summed E-state index contributed by atoms with van der Waals surface area (Å²) in [7, 11) is 0. The van der Waals surface area contributed by atoms with E-state index in [0.717, 1.165) is 16.2 Å². The molecule has 1 aromatic carbocycles. The molecule has 1 saturated heterocycles. The van der Waals surface area contributed by atoms with E-state index >= 15 is 0 Å². The molecular weight excluding hydrogens is 317 g/mol. The number of thioether (sulfide) groups is 1. The first-order chi connectivity index (χ1) is 11.1. The Morgan fingerprint density at radius 1 is 1.17 bits per heavy atom. The van der Waals surface area contributed by atoms with Crippen LogP contribution in [0.2, 0.25) is 0 Å². The minimum Gasteiger partial charge on any atom is -0.339 e. The highest BCUT2D eigenvalue weighted by molar-refractivity contribution is 7.99.